The minimum atomic E-state index is -3.47. The van der Waals surface area contributed by atoms with Gasteiger partial charge in [-0.1, -0.05) is 54.1 Å². The minimum absolute atomic E-state index is 0.243. The van der Waals surface area contributed by atoms with Crippen LogP contribution in [-0.4, -0.2) is 37.2 Å². The number of aliphatic hydroxyl groups excluding tert-OH is 1. The number of hydrogen-bond acceptors (Lipinski definition) is 4. The lowest BCUT2D eigenvalue weighted by Gasteiger charge is -2.12. The number of aromatic nitrogens is 1. The third-order valence-electron chi connectivity index (χ3n) is 5.52. The molecule has 1 unspecified atom stereocenters. The summed E-state index contributed by atoms with van der Waals surface area (Å²) in [4.78, 5) is 0. The van der Waals surface area contributed by atoms with Crippen LogP contribution >= 0.6 is 11.6 Å². The van der Waals surface area contributed by atoms with Gasteiger partial charge in [-0.3, -0.25) is 0 Å². The van der Waals surface area contributed by atoms with Crippen molar-refractivity contribution in [2.45, 2.75) is 32.0 Å². The van der Waals surface area contributed by atoms with Crippen molar-refractivity contribution in [3.8, 4) is 5.75 Å². The molecular formula is C25H27ClN2O4S. The molecule has 0 saturated carbocycles. The maximum Gasteiger partial charge on any atom is 0.210 e. The van der Waals surface area contributed by atoms with Crippen LogP contribution in [-0.2, 0) is 23.0 Å². The summed E-state index contributed by atoms with van der Waals surface area (Å²) in [5.74, 6) is 0.884. The zero-order valence-corrected chi connectivity index (χ0v) is 19.9. The largest absolute Gasteiger partial charge is 0.493 e. The Morgan fingerprint density at radius 2 is 1.88 bits per heavy atom. The smallest absolute Gasteiger partial charge is 0.210 e. The minimum Gasteiger partial charge on any atom is -0.493 e. The standard InChI is InChI=1S/C25H27ClN2O4S/c1-33(30,31)27-25(29)13-14-28-17-19(21-12-11-20(26)16-23(21)28)8-5-15-32-24-10-4-7-18-6-2-3-9-22(18)24/h2-4,6-7,9-12,16-17,25,27,29H,5,8,13-15H2,1H3. The number of nitrogens with one attached hydrogen (secondary N) is 1. The van der Waals surface area contributed by atoms with E-state index in [0.717, 1.165) is 52.1 Å². The number of halogens is 1. The molecule has 0 fully saturated rings. The number of ether oxygens (including phenoxy) is 1. The first-order valence-electron chi connectivity index (χ1n) is 10.8. The molecule has 0 aliphatic heterocycles. The van der Waals surface area contributed by atoms with Crippen LogP contribution in [0.3, 0.4) is 0 Å². The monoisotopic (exact) mass is 486 g/mol. The van der Waals surface area contributed by atoms with Crippen LogP contribution in [0.25, 0.3) is 21.7 Å². The van der Waals surface area contributed by atoms with E-state index in [2.05, 4.69) is 22.9 Å². The van der Waals surface area contributed by atoms with E-state index in [1.165, 1.54) is 0 Å². The predicted molar refractivity (Wildman–Crippen MR) is 133 cm³/mol. The SMILES string of the molecule is CS(=O)(=O)NC(O)CCn1cc(CCCOc2cccc3ccccc23)c2ccc(Cl)cc21. The molecule has 33 heavy (non-hydrogen) atoms. The summed E-state index contributed by atoms with van der Waals surface area (Å²) >= 11 is 6.22. The summed E-state index contributed by atoms with van der Waals surface area (Å²) in [6, 6.07) is 20.0. The zero-order valence-electron chi connectivity index (χ0n) is 18.4. The fraction of sp³-hybridized carbons (Fsp3) is 0.280. The van der Waals surface area contributed by atoms with Gasteiger partial charge in [-0.25, -0.2) is 8.42 Å². The summed E-state index contributed by atoms with van der Waals surface area (Å²) in [6.45, 7) is 1.04. The summed E-state index contributed by atoms with van der Waals surface area (Å²) in [5, 5.41) is 14.0. The maximum absolute atomic E-state index is 11.3. The van der Waals surface area contributed by atoms with Crippen molar-refractivity contribution in [1.82, 2.24) is 9.29 Å². The van der Waals surface area contributed by atoms with Gasteiger partial charge in [0.15, 0.2) is 0 Å². The van der Waals surface area contributed by atoms with Gasteiger partial charge in [0.2, 0.25) is 10.0 Å². The van der Waals surface area contributed by atoms with Crippen molar-refractivity contribution in [2.75, 3.05) is 12.9 Å². The normalized spacial score (nSPS) is 12.9. The van der Waals surface area contributed by atoms with Crippen molar-refractivity contribution in [2.24, 2.45) is 0 Å². The van der Waals surface area contributed by atoms with Crippen LogP contribution in [0.2, 0.25) is 5.02 Å². The highest BCUT2D eigenvalue weighted by Gasteiger charge is 2.13. The molecule has 1 heterocycles. The molecule has 174 valence electrons. The first-order valence-corrected chi connectivity index (χ1v) is 13.1. The van der Waals surface area contributed by atoms with Crippen molar-refractivity contribution in [3.05, 3.63) is 77.4 Å². The van der Waals surface area contributed by atoms with Crippen molar-refractivity contribution in [3.63, 3.8) is 0 Å². The van der Waals surface area contributed by atoms with E-state index in [4.69, 9.17) is 16.3 Å². The summed E-state index contributed by atoms with van der Waals surface area (Å²) < 4.78 is 32.9. The molecule has 4 rings (SSSR count). The van der Waals surface area contributed by atoms with Crippen LogP contribution in [0.15, 0.2) is 66.9 Å². The second kappa shape index (κ2) is 10.1. The van der Waals surface area contributed by atoms with E-state index in [9.17, 15) is 13.5 Å². The maximum atomic E-state index is 11.3. The van der Waals surface area contributed by atoms with Gasteiger partial charge in [0, 0.05) is 40.5 Å². The highest BCUT2D eigenvalue weighted by atomic mass is 35.5. The molecular weight excluding hydrogens is 460 g/mol. The number of hydrogen-bond donors (Lipinski definition) is 2. The highest BCUT2D eigenvalue weighted by Crippen LogP contribution is 2.28. The fourth-order valence-corrected chi connectivity index (χ4v) is 4.84. The Kier molecular flexibility index (Phi) is 7.24. The zero-order chi connectivity index (χ0) is 23.4. The van der Waals surface area contributed by atoms with E-state index in [1.54, 1.807) is 0 Å². The molecule has 3 aromatic carbocycles. The summed E-state index contributed by atoms with van der Waals surface area (Å²) in [5.41, 5.74) is 2.12. The first kappa shape index (κ1) is 23.6. The molecule has 0 aliphatic rings. The van der Waals surface area contributed by atoms with Gasteiger partial charge in [-0.15, -0.1) is 0 Å². The van der Waals surface area contributed by atoms with E-state index >= 15 is 0 Å². The van der Waals surface area contributed by atoms with Crippen LogP contribution in [0.5, 0.6) is 5.75 Å². The van der Waals surface area contributed by atoms with Gasteiger partial charge >= 0.3 is 0 Å². The molecule has 4 aromatic rings. The lowest BCUT2D eigenvalue weighted by atomic mass is 10.1. The molecule has 0 spiro atoms. The van der Waals surface area contributed by atoms with Gasteiger partial charge in [0.05, 0.1) is 12.9 Å². The van der Waals surface area contributed by atoms with Crippen LogP contribution in [0, 0.1) is 0 Å². The van der Waals surface area contributed by atoms with Crippen LogP contribution in [0.1, 0.15) is 18.4 Å². The number of sulfonamides is 1. The third-order valence-corrected chi connectivity index (χ3v) is 6.45. The number of fused-ring (bicyclic) bond motifs is 2. The number of aryl methyl sites for hydroxylation is 2. The Balaban J connectivity index is 1.43. The van der Waals surface area contributed by atoms with Gasteiger partial charge in [0.1, 0.15) is 12.0 Å². The topological polar surface area (TPSA) is 80.6 Å². The lowest BCUT2D eigenvalue weighted by molar-refractivity contribution is 0.148. The first-order chi connectivity index (χ1) is 15.8. The van der Waals surface area contributed by atoms with Crippen molar-refractivity contribution in [1.29, 1.82) is 0 Å². The quantitative estimate of drug-likeness (QED) is 0.251. The molecule has 0 bridgehead atoms. The third kappa shape index (κ3) is 6.06. The van der Waals surface area contributed by atoms with Gasteiger partial charge in [-0.2, -0.15) is 4.72 Å². The molecule has 1 atom stereocenters. The van der Waals surface area contributed by atoms with Crippen LogP contribution < -0.4 is 9.46 Å². The average molecular weight is 487 g/mol. The Bertz CT molecular complexity index is 1360. The Morgan fingerprint density at radius 3 is 2.70 bits per heavy atom. The second-order valence-electron chi connectivity index (χ2n) is 8.13. The average Bonchev–Trinajstić information content (AvgIpc) is 3.11. The summed E-state index contributed by atoms with van der Waals surface area (Å²) in [6.07, 6.45) is 3.83. The Morgan fingerprint density at radius 1 is 1.09 bits per heavy atom. The summed E-state index contributed by atoms with van der Waals surface area (Å²) in [7, 11) is -3.47. The fourth-order valence-electron chi connectivity index (χ4n) is 4.06. The molecule has 0 aliphatic carbocycles. The number of rotatable bonds is 10. The number of nitrogens with zero attached hydrogens (tertiary/aromatic N) is 1. The van der Waals surface area contributed by atoms with E-state index < -0.39 is 16.3 Å². The van der Waals surface area contributed by atoms with Crippen LogP contribution in [0.4, 0.5) is 0 Å². The van der Waals surface area contributed by atoms with Crippen molar-refractivity contribution >= 4 is 43.3 Å². The van der Waals surface area contributed by atoms with E-state index in [0.29, 0.717) is 18.2 Å². The van der Waals surface area contributed by atoms with Gasteiger partial charge < -0.3 is 14.4 Å². The molecule has 0 saturated heterocycles. The van der Waals surface area contributed by atoms with E-state index in [-0.39, 0.29) is 6.42 Å². The molecule has 0 radical (unpaired) electrons. The van der Waals surface area contributed by atoms with Crippen molar-refractivity contribution < 1.29 is 18.3 Å². The molecule has 2 N–H and O–H groups in total. The predicted octanol–water partition coefficient (Wildman–Crippen LogP) is 4.72. The number of benzene rings is 3. The second-order valence-corrected chi connectivity index (χ2v) is 10.3. The molecule has 6 nitrogen and oxygen atoms in total. The number of aliphatic hydroxyl groups is 1. The molecule has 1 aromatic heterocycles. The molecule has 0 amide bonds. The molecule has 8 heteroatoms. The Labute approximate surface area is 198 Å². The van der Waals surface area contributed by atoms with Gasteiger partial charge in [0.25, 0.3) is 0 Å². The highest BCUT2D eigenvalue weighted by molar-refractivity contribution is 7.88. The van der Waals surface area contributed by atoms with E-state index in [1.807, 2.05) is 53.2 Å². The van der Waals surface area contributed by atoms with Gasteiger partial charge in [-0.05, 0) is 42.0 Å². The Hall–Kier alpha value is -2.58. The lowest BCUT2D eigenvalue weighted by Crippen LogP contribution is -2.34.